The van der Waals surface area contributed by atoms with Crippen molar-refractivity contribution in [3.63, 3.8) is 0 Å². The average molecular weight is 374 g/mol. The molecule has 0 saturated heterocycles. The molecule has 1 saturated carbocycles. The van der Waals surface area contributed by atoms with Gasteiger partial charge in [0.05, 0.1) is 24.1 Å². The fraction of sp³-hybridized carbons (Fsp3) is 0.389. The van der Waals surface area contributed by atoms with Crippen LogP contribution in [0, 0.1) is 30.5 Å². The highest BCUT2D eigenvalue weighted by Gasteiger charge is 2.20. The van der Waals surface area contributed by atoms with Gasteiger partial charge < -0.3 is 10.1 Å². The van der Waals surface area contributed by atoms with Gasteiger partial charge in [-0.1, -0.05) is 17.3 Å². The van der Waals surface area contributed by atoms with Gasteiger partial charge in [-0.3, -0.25) is 10.3 Å². The zero-order valence-electron chi connectivity index (χ0n) is 14.3. The van der Waals surface area contributed by atoms with Crippen molar-refractivity contribution in [2.75, 3.05) is 25.1 Å². The van der Waals surface area contributed by atoms with E-state index in [1.807, 2.05) is 0 Å². The molecule has 2 aromatic heterocycles. The molecular formula is C18H19FN4O2S. The number of nitrogens with zero attached hydrogens (tertiary/aromatic N) is 2. The van der Waals surface area contributed by atoms with Crippen LogP contribution < -0.4 is 10.6 Å². The Bertz CT molecular complexity index is 839. The number of pyridine rings is 1. The van der Waals surface area contributed by atoms with Crippen LogP contribution in [0.25, 0.3) is 0 Å². The Kier molecular flexibility index (Phi) is 6.15. The SMILES string of the molecule is Cc1nc(NC(=O)NCCOCC2CC2)sc1C#Cc1ccncc1F. The summed E-state index contributed by atoms with van der Waals surface area (Å²) in [5.74, 6) is 5.89. The third kappa shape index (κ3) is 5.51. The van der Waals surface area contributed by atoms with E-state index in [1.165, 1.54) is 36.4 Å². The molecule has 0 aliphatic heterocycles. The number of aryl methyl sites for hydroxylation is 1. The minimum atomic E-state index is -0.469. The maximum atomic E-state index is 13.5. The summed E-state index contributed by atoms with van der Waals surface area (Å²) in [7, 11) is 0. The summed E-state index contributed by atoms with van der Waals surface area (Å²) in [6.45, 7) is 3.50. The largest absolute Gasteiger partial charge is 0.379 e. The molecule has 2 amide bonds. The van der Waals surface area contributed by atoms with Crippen LogP contribution in [0.1, 0.15) is 29.0 Å². The van der Waals surface area contributed by atoms with Gasteiger partial charge in [0.1, 0.15) is 4.88 Å². The third-order valence-electron chi connectivity index (χ3n) is 3.68. The Hall–Kier alpha value is -2.50. The fourth-order valence-electron chi connectivity index (χ4n) is 2.08. The zero-order valence-corrected chi connectivity index (χ0v) is 15.2. The van der Waals surface area contributed by atoms with Gasteiger partial charge in [0.2, 0.25) is 0 Å². The first-order chi connectivity index (χ1) is 12.6. The van der Waals surface area contributed by atoms with Gasteiger partial charge in [-0.15, -0.1) is 0 Å². The molecule has 1 aliphatic carbocycles. The van der Waals surface area contributed by atoms with E-state index in [0.29, 0.717) is 34.8 Å². The van der Waals surface area contributed by atoms with Crippen LogP contribution in [0.3, 0.4) is 0 Å². The summed E-state index contributed by atoms with van der Waals surface area (Å²) in [4.78, 5) is 20.5. The number of rotatable bonds is 6. The highest BCUT2D eigenvalue weighted by atomic mass is 32.1. The Morgan fingerprint density at radius 2 is 2.31 bits per heavy atom. The Labute approximate surface area is 155 Å². The fourth-order valence-corrected chi connectivity index (χ4v) is 2.89. The first-order valence-corrected chi connectivity index (χ1v) is 9.15. The molecule has 2 N–H and O–H groups in total. The van der Waals surface area contributed by atoms with Crippen molar-refractivity contribution < 1.29 is 13.9 Å². The van der Waals surface area contributed by atoms with Crippen LogP contribution in [-0.2, 0) is 4.74 Å². The molecule has 0 aromatic carbocycles. The summed E-state index contributed by atoms with van der Waals surface area (Å²) >= 11 is 1.24. The number of ether oxygens (including phenoxy) is 1. The number of anilines is 1. The summed E-state index contributed by atoms with van der Waals surface area (Å²) in [5.41, 5.74) is 0.950. The van der Waals surface area contributed by atoms with Crippen LogP contribution in [0.15, 0.2) is 18.5 Å². The minimum Gasteiger partial charge on any atom is -0.379 e. The summed E-state index contributed by atoms with van der Waals surface area (Å²) < 4.78 is 19.0. The van der Waals surface area contributed by atoms with Crippen molar-refractivity contribution >= 4 is 22.5 Å². The maximum Gasteiger partial charge on any atom is 0.321 e. The van der Waals surface area contributed by atoms with Crippen molar-refractivity contribution in [2.24, 2.45) is 5.92 Å². The predicted octanol–water partition coefficient (Wildman–Crippen LogP) is 2.93. The summed E-state index contributed by atoms with van der Waals surface area (Å²) in [6, 6.07) is 1.17. The maximum absolute atomic E-state index is 13.5. The van der Waals surface area contributed by atoms with E-state index in [0.717, 1.165) is 12.8 Å². The molecule has 3 rings (SSSR count). The first kappa shape index (κ1) is 18.3. The second-order valence-corrected chi connectivity index (χ2v) is 6.94. The van der Waals surface area contributed by atoms with Gasteiger partial charge in [-0.25, -0.2) is 14.2 Å². The van der Waals surface area contributed by atoms with E-state index in [2.05, 4.69) is 32.4 Å². The highest BCUT2D eigenvalue weighted by molar-refractivity contribution is 7.16. The lowest BCUT2D eigenvalue weighted by molar-refractivity contribution is 0.127. The molecule has 0 atom stereocenters. The van der Waals surface area contributed by atoms with E-state index in [9.17, 15) is 9.18 Å². The molecule has 1 aliphatic rings. The number of hydrogen-bond acceptors (Lipinski definition) is 5. The second-order valence-electron chi connectivity index (χ2n) is 5.94. The highest BCUT2D eigenvalue weighted by Crippen LogP contribution is 2.28. The molecule has 0 radical (unpaired) electrons. The molecule has 0 spiro atoms. The lowest BCUT2D eigenvalue weighted by atomic mass is 10.2. The molecule has 8 heteroatoms. The van der Waals surface area contributed by atoms with Gasteiger partial charge in [0.25, 0.3) is 0 Å². The number of carbonyl (C=O) groups excluding carboxylic acids is 1. The molecule has 0 unspecified atom stereocenters. The lowest BCUT2D eigenvalue weighted by Gasteiger charge is -2.05. The molecule has 26 heavy (non-hydrogen) atoms. The van der Waals surface area contributed by atoms with E-state index in [1.54, 1.807) is 6.92 Å². The van der Waals surface area contributed by atoms with E-state index in [-0.39, 0.29) is 11.6 Å². The van der Waals surface area contributed by atoms with Crippen molar-refractivity contribution in [1.29, 1.82) is 0 Å². The molecular weight excluding hydrogens is 355 g/mol. The van der Waals surface area contributed by atoms with Gasteiger partial charge in [0.15, 0.2) is 10.9 Å². The smallest absolute Gasteiger partial charge is 0.321 e. The number of urea groups is 1. The van der Waals surface area contributed by atoms with Gasteiger partial charge in [-0.2, -0.15) is 0 Å². The monoisotopic (exact) mass is 374 g/mol. The number of carbonyl (C=O) groups is 1. The lowest BCUT2D eigenvalue weighted by Crippen LogP contribution is -2.31. The quantitative estimate of drug-likeness (QED) is 0.602. The first-order valence-electron chi connectivity index (χ1n) is 8.33. The van der Waals surface area contributed by atoms with Crippen LogP contribution in [0.5, 0.6) is 0 Å². The average Bonchev–Trinajstić information content (AvgIpc) is 3.37. The van der Waals surface area contributed by atoms with Gasteiger partial charge >= 0.3 is 6.03 Å². The Balaban J connectivity index is 1.49. The number of thiazole rings is 1. The molecule has 0 bridgehead atoms. The summed E-state index contributed by atoms with van der Waals surface area (Å²) in [5, 5.41) is 5.84. The number of amides is 2. The predicted molar refractivity (Wildman–Crippen MR) is 97.6 cm³/mol. The topological polar surface area (TPSA) is 76.1 Å². The molecule has 136 valence electrons. The molecule has 6 nitrogen and oxygen atoms in total. The minimum absolute atomic E-state index is 0.270. The molecule has 2 heterocycles. The van der Waals surface area contributed by atoms with E-state index in [4.69, 9.17) is 4.74 Å². The van der Waals surface area contributed by atoms with Crippen LogP contribution in [0.2, 0.25) is 0 Å². The van der Waals surface area contributed by atoms with Crippen LogP contribution >= 0.6 is 11.3 Å². The number of halogens is 1. The Morgan fingerprint density at radius 3 is 3.08 bits per heavy atom. The number of aromatic nitrogens is 2. The number of nitrogens with one attached hydrogen (secondary N) is 2. The summed E-state index contributed by atoms with van der Waals surface area (Å²) in [6.07, 6.45) is 5.10. The van der Waals surface area contributed by atoms with Crippen molar-refractivity contribution in [2.45, 2.75) is 19.8 Å². The van der Waals surface area contributed by atoms with E-state index < -0.39 is 5.82 Å². The van der Waals surface area contributed by atoms with Gasteiger partial charge in [-0.05, 0) is 37.7 Å². The van der Waals surface area contributed by atoms with Crippen LogP contribution in [0.4, 0.5) is 14.3 Å². The molecule has 2 aromatic rings. The molecule has 1 fully saturated rings. The van der Waals surface area contributed by atoms with Crippen molar-refractivity contribution in [3.05, 3.63) is 40.4 Å². The zero-order chi connectivity index (χ0) is 18.4. The van der Waals surface area contributed by atoms with Crippen LogP contribution in [-0.4, -0.2) is 35.8 Å². The standard InChI is InChI=1S/C18H19FN4O2S/c1-12-16(5-4-14-6-7-20-10-15(14)19)26-18(22-12)23-17(24)21-8-9-25-11-13-2-3-13/h6-7,10,13H,2-3,8-9,11H2,1H3,(H2,21,22,23,24). The number of hydrogen-bond donors (Lipinski definition) is 2. The Morgan fingerprint density at radius 1 is 1.46 bits per heavy atom. The van der Waals surface area contributed by atoms with Crippen molar-refractivity contribution in [3.8, 4) is 11.8 Å². The van der Waals surface area contributed by atoms with Gasteiger partial charge in [0, 0.05) is 19.3 Å². The van der Waals surface area contributed by atoms with Crippen molar-refractivity contribution in [1.82, 2.24) is 15.3 Å². The third-order valence-corrected chi connectivity index (χ3v) is 4.67. The second kappa shape index (κ2) is 8.74. The normalized spacial score (nSPS) is 13.0. The van der Waals surface area contributed by atoms with E-state index >= 15 is 0 Å².